The first-order valence-electron chi connectivity index (χ1n) is 15.0. The summed E-state index contributed by atoms with van der Waals surface area (Å²) in [7, 11) is 0. The van der Waals surface area contributed by atoms with E-state index in [0.29, 0.717) is 73.6 Å². The molecule has 0 aliphatic carbocycles. The molecular weight excluding hydrogens is 556 g/mol. The maximum absolute atomic E-state index is 12.7. The summed E-state index contributed by atoms with van der Waals surface area (Å²) in [6.45, 7) is 7.24. The Bertz CT molecular complexity index is 1510. The molecule has 0 saturated carbocycles. The molecular formula is C36H36N2O6. The highest BCUT2D eigenvalue weighted by atomic mass is 16.6. The Morgan fingerprint density at radius 1 is 0.545 bits per heavy atom. The summed E-state index contributed by atoms with van der Waals surface area (Å²) in [6.07, 6.45) is 0. The zero-order valence-electron chi connectivity index (χ0n) is 24.9. The second kappa shape index (κ2) is 13.1. The molecule has 44 heavy (non-hydrogen) atoms. The lowest BCUT2D eigenvalue weighted by atomic mass is 9.95. The van der Waals surface area contributed by atoms with Crippen LogP contribution in [0.2, 0.25) is 0 Å². The van der Waals surface area contributed by atoms with Crippen LogP contribution in [-0.4, -0.2) is 51.3 Å². The van der Waals surface area contributed by atoms with Crippen LogP contribution in [-0.2, 0) is 0 Å². The molecule has 8 heteroatoms. The van der Waals surface area contributed by atoms with Gasteiger partial charge in [-0.25, -0.2) is 0 Å². The van der Waals surface area contributed by atoms with E-state index in [9.17, 15) is 9.59 Å². The number of benzene rings is 4. The minimum absolute atomic E-state index is 0.136. The quantitative estimate of drug-likeness (QED) is 0.249. The lowest BCUT2D eigenvalue weighted by molar-refractivity contribution is 0.0942. The Hall–Kier alpha value is -4.98. The number of nitrogens with one attached hydrogen (secondary N) is 2. The number of hydrogen-bond acceptors (Lipinski definition) is 6. The van der Waals surface area contributed by atoms with Gasteiger partial charge in [0.2, 0.25) is 0 Å². The zero-order chi connectivity index (χ0) is 30.5. The van der Waals surface area contributed by atoms with E-state index >= 15 is 0 Å². The number of fused-ring (bicyclic) bond motifs is 2. The molecule has 6 rings (SSSR count). The molecule has 2 N–H and O–H groups in total. The molecule has 0 radical (unpaired) electrons. The summed E-state index contributed by atoms with van der Waals surface area (Å²) >= 11 is 0. The van der Waals surface area contributed by atoms with E-state index in [1.54, 1.807) is 36.4 Å². The lowest BCUT2D eigenvalue weighted by Crippen LogP contribution is -2.27. The standard InChI is InChI=1S/C36H36N2O6/c1-23(21-37-35(39)29-11-13-31-33(19-29)43-17-15-41-31)25-3-7-27(8-4-25)28-9-5-26(6-10-28)24(2)22-38-36(40)30-12-14-32-34(20-30)44-18-16-42-32/h3-14,19-20,23-24H,15-18,21-22H2,1-2H3,(H,37,39)(H,38,40). The van der Waals surface area contributed by atoms with E-state index in [-0.39, 0.29) is 23.7 Å². The van der Waals surface area contributed by atoms with Crippen LogP contribution in [0.3, 0.4) is 0 Å². The van der Waals surface area contributed by atoms with E-state index in [0.717, 1.165) is 22.3 Å². The van der Waals surface area contributed by atoms with E-state index in [1.165, 1.54) is 0 Å². The van der Waals surface area contributed by atoms with Crippen LogP contribution in [0.15, 0.2) is 84.9 Å². The fraction of sp³-hybridized carbons (Fsp3) is 0.278. The number of ether oxygens (including phenoxy) is 4. The van der Waals surface area contributed by atoms with Crippen molar-refractivity contribution < 1.29 is 28.5 Å². The Morgan fingerprint density at radius 2 is 0.909 bits per heavy atom. The van der Waals surface area contributed by atoms with Gasteiger partial charge in [0.25, 0.3) is 11.8 Å². The third-order valence-corrected chi connectivity index (χ3v) is 8.04. The number of hydrogen-bond donors (Lipinski definition) is 2. The third kappa shape index (κ3) is 6.64. The van der Waals surface area contributed by atoms with Crippen LogP contribution in [0.4, 0.5) is 0 Å². The van der Waals surface area contributed by atoms with Crippen molar-refractivity contribution >= 4 is 11.8 Å². The zero-order valence-corrected chi connectivity index (χ0v) is 24.9. The Kier molecular flexibility index (Phi) is 8.68. The highest BCUT2D eigenvalue weighted by Gasteiger charge is 2.17. The largest absolute Gasteiger partial charge is 0.486 e. The fourth-order valence-electron chi connectivity index (χ4n) is 5.31. The summed E-state index contributed by atoms with van der Waals surface area (Å²) in [4.78, 5) is 25.5. The smallest absolute Gasteiger partial charge is 0.251 e. The first-order valence-corrected chi connectivity index (χ1v) is 15.0. The van der Waals surface area contributed by atoms with Crippen LogP contribution >= 0.6 is 0 Å². The Labute approximate surface area is 257 Å². The second-order valence-electron chi connectivity index (χ2n) is 11.2. The van der Waals surface area contributed by atoms with Gasteiger partial charge in [-0.2, -0.15) is 0 Å². The number of carbonyl (C=O) groups is 2. The van der Waals surface area contributed by atoms with Gasteiger partial charge in [0.05, 0.1) is 0 Å². The Morgan fingerprint density at radius 3 is 1.30 bits per heavy atom. The molecule has 0 bridgehead atoms. The van der Waals surface area contributed by atoms with E-state index in [1.807, 2.05) is 0 Å². The predicted molar refractivity (Wildman–Crippen MR) is 168 cm³/mol. The van der Waals surface area contributed by atoms with Crippen molar-refractivity contribution in [3.63, 3.8) is 0 Å². The van der Waals surface area contributed by atoms with Gasteiger partial charge >= 0.3 is 0 Å². The summed E-state index contributed by atoms with van der Waals surface area (Å²) in [6, 6.07) is 27.4. The van der Waals surface area contributed by atoms with Crippen molar-refractivity contribution in [2.45, 2.75) is 25.7 Å². The van der Waals surface area contributed by atoms with Gasteiger partial charge in [-0.15, -0.1) is 0 Å². The highest BCUT2D eigenvalue weighted by molar-refractivity contribution is 5.95. The molecule has 2 aliphatic rings. The van der Waals surface area contributed by atoms with Crippen molar-refractivity contribution in [2.75, 3.05) is 39.5 Å². The minimum Gasteiger partial charge on any atom is -0.486 e. The van der Waals surface area contributed by atoms with E-state index < -0.39 is 0 Å². The van der Waals surface area contributed by atoms with Gasteiger partial charge in [-0.05, 0) is 70.5 Å². The van der Waals surface area contributed by atoms with Gasteiger partial charge in [0.15, 0.2) is 23.0 Å². The molecule has 4 aromatic rings. The molecule has 2 unspecified atom stereocenters. The number of rotatable bonds is 9. The first kappa shape index (κ1) is 29.1. The monoisotopic (exact) mass is 592 g/mol. The van der Waals surface area contributed by atoms with Gasteiger partial charge in [0, 0.05) is 24.2 Å². The third-order valence-electron chi connectivity index (χ3n) is 8.04. The molecule has 4 aromatic carbocycles. The summed E-state index contributed by atoms with van der Waals surface area (Å²) < 4.78 is 22.3. The minimum atomic E-state index is -0.136. The molecule has 2 aliphatic heterocycles. The molecule has 2 amide bonds. The summed E-state index contributed by atoms with van der Waals surface area (Å²) in [5.74, 6) is 2.57. The van der Waals surface area contributed by atoms with E-state index in [4.69, 9.17) is 18.9 Å². The first-order chi connectivity index (χ1) is 21.4. The topological polar surface area (TPSA) is 95.1 Å². The summed E-state index contributed by atoms with van der Waals surface area (Å²) in [5, 5.41) is 6.07. The normalized spacial score (nSPS) is 14.7. The molecule has 0 aromatic heterocycles. The maximum Gasteiger partial charge on any atom is 0.251 e. The average molecular weight is 593 g/mol. The van der Waals surface area contributed by atoms with Crippen molar-refractivity contribution in [3.05, 3.63) is 107 Å². The molecule has 2 atom stereocenters. The van der Waals surface area contributed by atoms with Gasteiger partial charge < -0.3 is 29.6 Å². The van der Waals surface area contributed by atoms with Crippen LogP contribution in [0.1, 0.15) is 57.5 Å². The van der Waals surface area contributed by atoms with Gasteiger partial charge in [-0.1, -0.05) is 62.4 Å². The number of carbonyl (C=O) groups excluding carboxylic acids is 2. The van der Waals surface area contributed by atoms with Crippen molar-refractivity contribution in [1.29, 1.82) is 0 Å². The Balaban J connectivity index is 0.997. The van der Waals surface area contributed by atoms with Gasteiger partial charge in [-0.3, -0.25) is 9.59 Å². The molecule has 0 spiro atoms. The average Bonchev–Trinajstić information content (AvgIpc) is 3.09. The second-order valence-corrected chi connectivity index (χ2v) is 11.2. The van der Waals surface area contributed by atoms with Crippen LogP contribution in [0.25, 0.3) is 11.1 Å². The molecule has 0 saturated heterocycles. The molecule has 226 valence electrons. The van der Waals surface area contributed by atoms with Crippen molar-refractivity contribution in [3.8, 4) is 34.1 Å². The van der Waals surface area contributed by atoms with Crippen molar-refractivity contribution in [1.82, 2.24) is 10.6 Å². The van der Waals surface area contributed by atoms with Crippen LogP contribution in [0.5, 0.6) is 23.0 Å². The SMILES string of the molecule is CC(CNC(=O)c1ccc2c(c1)OCCO2)c1ccc(-c2ccc(C(C)CNC(=O)c3ccc4c(c3)OCCO4)cc2)cc1. The molecule has 8 nitrogen and oxygen atoms in total. The summed E-state index contributed by atoms with van der Waals surface area (Å²) in [5.41, 5.74) is 5.64. The van der Waals surface area contributed by atoms with Crippen LogP contribution < -0.4 is 29.6 Å². The maximum atomic E-state index is 12.7. The lowest BCUT2D eigenvalue weighted by Gasteiger charge is -2.19. The fourth-order valence-corrected chi connectivity index (χ4v) is 5.31. The molecule has 0 fully saturated rings. The highest BCUT2D eigenvalue weighted by Crippen LogP contribution is 2.32. The molecule has 2 heterocycles. The predicted octanol–water partition coefficient (Wildman–Crippen LogP) is 5.96. The van der Waals surface area contributed by atoms with Crippen molar-refractivity contribution in [2.24, 2.45) is 0 Å². The van der Waals surface area contributed by atoms with Gasteiger partial charge in [0.1, 0.15) is 26.4 Å². The van der Waals surface area contributed by atoms with Crippen LogP contribution in [0, 0.1) is 0 Å². The van der Waals surface area contributed by atoms with E-state index in [2.05, 4.69) is 73.0 Å². The number of amides is 2.